The van der Waals surface area contributed by atoms with Gasteiger partial charge in [0.25, 0.3) is 0 Å². The maximum atomic E-state index is 6.27. The predicted molar refractivity (Wildman–Crippen MR) is 85.1 cm³/mol. The van der Waals surface area contributed by atoms with E-state index in [9.17, 15) is 0 Å². The number of halogens is 2. The smallest absolute Gasteiger partial charge is 0.0490 e. The molecule has 1 aromatic rings. The van der Waals surface area contributed by atoms with E-state index in [4.69, 9.17) is 29.0 Å². The predicted octanol–water partition coefficient (Wildman–Crippen LogP) is 2.13. The van der Waals surface area contributed by atoms with Crippen LogP contribution in [0.3, 0.4) is 0 Å². The van der Waals surface area contributed by atoms with Gasteiger partial charge in [-0.25, -0.2) is 0 Å². The van der Waals surface area contributed by atoms with Crippen molar-refractivity contribution in [1.29, 1.82) is 0 Å². The average Bonchev–Trinajstić information content (AvgIpc) is 2.42. The van der Waals surface area contributed by atoms with E-state index < -0.39 is 0 Å². The number of hydrazine groups is 1. The SMILES string of the molecule is CN1CCN(C)C(CC(NN)c2cc(Cl)ccc2Cl)C1. The number of hydrogen-bond donors (Lipinski definition) is 2. The van der Waals surface area contributed by atoms with Crippen molar-refractivity contribution in [3.05, 3.63) is 33.8 Å². The first-order chi connectivity index (χ1) is 9.51. The Bertz CT molecular complexity index is 455. The molecule has 0 aliphatic carbocycles. The minimum atomic E-state index is 0.000139. The summed E-state index contributed by atoms with van der Waals surface area (Å²) in [4.78, 5) is 4.72. The molecule has 1 saturated heterocycles. The molecule has 1 aromatic carbocycles. The van der Waals surface area contributed by atoms with Crippen molar-refractivity contribution >= 4 is 23.2 Å². The maximum Gasteiger partial charge on any atom is 0.0490 e. The van der Waals surface area contributed by atoms with Gasteiger partial charge in [0.05, 0.1) is 0 Å². The van der Waals surface area contributed by atoms with Gasteiger partial charge >= 0.3 is 0 Å². The molecule has 2 rings (SSSR count). The highest BCUT2D eigenvalue weighted by molar-refractivity contribution is 6.33. The van der Waals surface area contributed by atoms with Gasteiger partial charge in [0, 0.05) is 41.8 Å². The molecule has 112 valence electrons. The molecule has 1 fully saturated rings. The van der Waals surface area contributed by atoms with Crippen LogP contribution in [0.4, 0.5) is 0 Å². The van der Waals surface area contributed by atoms with Gasteiger partial charge in [0.2, 0.25) is 0 Å². The summed E-state index contributed by atoms with van der Waals surface area (Å²) >= 11 is 12.3. The van der Waals surface area contributed by atoms with Crippen molar-refractivity contribution in [3.63, 3.8) is 0 Å². The lowest BCUT2D eigenvalue weighted by molar-refractivity contribution is 0.101. The molecule has 0 bridgehead atoms. The molecule has 0 amide bonds. The molecule has 2 atom stereocenters. The number of piperazine rings is 1. The van der Waals surface area contributed by atoms with Crippen molar-refractivity contribution in [2.75, 3.05) is 33.7 Å². The van der Waals surface area contributed by atoms with Crippen LogP contribution in [0.1, 0.15) is 18.0 Å². The Kier molecular flexibility index (Phi) is 5.66. The van der Waals surface area contributed by atoms with E-state index in [2.05, 4.69) is 29.3 Å². The van der Waals surface area contributed by atoms with E-state index in [0.29, 0.717) is 16.1 Å². The van der Waals surface area contributed by atoms with E-state index in [0.717, 1.165) is 31.6 Å². The highest BCUT2D eigenvalue weighted by Crippen LogP contribution is 2.29. The van der Waals surface area contributed by atoms with E-state index in [1.165, 1.54) is 0 Å². The third-order valence-corrected chi connectivity index (χ3v) is 4.60. The number of nitrogens with zero attached hydrogens (tertiary/aromatic N) is 2. The van der Waals surface area contributed by atoms with Gasteiger partial charge in [-0.2, -0.15) is 0 Å². The Morgan fingerprint density at radius 1 is 1.35 bits per heavy atom. The molecule has 0 radical (unpaired) electrons. The van der Waals surface area contributed by atoms with E-state index in [1.54, 1.807) is 6.07 Å². The first kappa shape index (κ1) is 16.0. The first-order valence-electron chi connectivity index (χ1n) is 6.81. The summed E-state index contributed by atoms with van der Waals surface area (Å²) in [7, 11) is 4.31. The third kappa shape index (κ3) is 3.85. The summed E-state index contributed by atoms with van der Waals surface area (Å²) in [5, 5.41) is 1.38. The van der Waals surface area contributed by atoms with Gasteiger partial charge in [-0.1, -0.05) is 23.2 Å². The fourth-order valence-electron chi connectivity index (χ4n) is 2.69. The van der Waals surface area contributed by atoms with E-state index in [-0.39, 0.29) is 6.04 Å². The van der Waals surface area contributed by atoms with Gasteiger partial charge in [-0.3, -0.25) is 11.3 Å². The van der Waals surface area contributed by atoms with Crippen LogP contribution in [0.5, 0.6) is 0 Å². The van der Waals surface area contributed by atoms with Crippen molar-refractivity contribution in [3.8, 4) is 0 Å². The second-order valence-corrected chi connectivity index (χ2v) is 6.36. The molecule has 0 spiro atoms. The molecule has 3 N–H and O–H groups in total. The van der Waals surface area contributed by atoms with Gasteiger partial charge in [0.15, 0.2) is 0 Å². The topological polar surface area (TPSA) is 44.5 Å². The lowest BCUT2D eigenvalue weighted by atomic mass is 9.97. The minimum absolute atomic E-state index is 0.000139. The maximum absolute atomic E-state index is 6.27. The fourth-order valence-corrected chi connectivity index (χ4v) is 3.12. The van der Waals surface area contributed by atoms with Crippen molar-refractivity contribution in [2.45, 2.75) is 18.5 Å². The zero-order valence-corrected chi connectivity index (χ0v) is 13.5. The van der Waals surface area contributed by atoms with Crippen molar-refractivity contribution in [2.24, 2.45) is 5.84 Å². The van der Waals surface area contributed by atoms with Gasteiger partial charge < -0.3 is 9.80 Å². The average molecular weight is 317 g/mol. The Labute approximate surface area is 130 Å². The first-order valence-corrected chi connectivity index (χ1v) is 7.56. The highest BCUT2D eigenvalue weighted by Gasteiger charge is 2.26. The molecule has 0 aromatic heterocycles. The molecular formula is C14H22Cl2N4. The summed E-state index contributed by atoms with van der Waals surface area (Å²) in [6, 6.07) is 5.95. The number of nitrogens with two attached hydrogens (primary N) is 1. The van der Waals surface area contributed by atoms with Crippen LogP contribution in [0, 0.1) is 0 Å². The molecule has 1 heterocycles. The van der Waals surface area contributed by atoms with Crippen LogP contribution in [-0.2, 0) is 0 Å². The van der Waals surface area contributed by atoms with Crippen LogP contribution in [0.15, 0.2) is 18.2 Å². The summed E-state index contributed by atoms with van der Waals surface area (Å²) < 4.78 is 0. The fraction of sp³-hybridized carbons (Fsp3) is 0.571. The Morgan fingerprint density at radius 3 is 2.80 bits per heavy atom. The van der Waals surface area contributed by atoms with Crippen LogP contribution in [0.25, 0.3) is 0 Å². The molecule has 0 saturated carbocycles. The Balaban J connectivity index is 2.13. The van der Waals surface area contributed by atoms with E-state index >= 15 is 0 Å². The largest absolute Gasteiger partial charge is 0.304 e. The zero-order valence-electron chi connectivity index (χ0n) is 11.9. The summed E-state index contributed by atoms with van der Waals surface area (Å²) in [6.45, 7) is 3.21. The second kappa shape index (κ2) is 7.07. The number of nitrogens with one attached hydrogen (secondary N) is 1. The lowest BCUT2D eigenvalue weighted by Crippen LogP contribution is -2.51. The quantitative estimate of drug-likeness (QED) is 0.660. The molecule has 20 heavy (non-hydrogen) atoms. The standard InChI is InChI=1S/C14H22Cl2N4/c1-19-5-6-20(2)11(9-19)8-14(18-17)12-7-10(15)3-4-13(12)16/h3-4,7,11,14,18H,5-6,8-9,17H2,1-2H3. The Hall–Kier alpha value is -0.360. The van der Waals surface area contributed by atoms with Gasteiger partial charge in [-0.05, 0) is 44.3 Å². The number of hydrogen-bond acceptors (Lipinski definition) is 4. The van der Waals surface area contributed by atoms with Crippen LogP contribution >= 0.6 is 23.2 Å². The van der Waals surface area contributed by atoms with Gasteiger partial charge in [0.1, 0.15) is 0 Å². The van der Waals surface area contributed by atoms with Crippen molar-refractivity contribution in [1.82, 2.24) is 15.2 Å². The zero-order chi connectivity index (χ0) is 14.7. The highest BCUT2D eigenvalue weighted by atomic mass is 35.5. The molecule has 6 heteroatoms. The molecular weight excluding hydrogens is 295 g/mol. The van der Waals surface area contributed by atoms with Gasteiger partial charge in [-0.15, -0.1) is 0 Å². The third-order valence-electron chi connectivity index (χ3n) is 4.02. The van der Waals surface area contributed by atoms with Crippen LogP contribution in [0.2, 0.25) is 10.0 Å². The summed E-state index contributed by atoms with van der Waals surface area (Å²) in [6.07, 6.45) is 0.900. The minimum Gasteiger partial charge on any atom is -0.304 e. The Morgan fingerprint density at radius 2 is 2.10 bits per heavy atom. The van der Waals surface area contributed by atoms with E-state index in [1.807, 2.05) is 12.1 Å². The van der Waals surface area contributed by atoms with Crippen LogP contribution in [-0.4, -0.2) is 49.6 Å². The summed E-state index contributed by atoms with van der Waals surface area (Å²) in [5.74, 6) is 5.74. The lowest BCUT2D eigenvalue weighted by Gasteiger charge is -2.39. The van der Waals surface area contributed by atoms with Crippen molar-refractivity contribution < 1.29 is 0 Å². The number of benzene rings is 1. The molecule has 1 aliphatic rings. The molecule has 4 nitrogen and oxygen atoms in total. The summed E-state index contributed by atoms with van der Waals surface area (Å²) in [5.41, 5.74) is 3.84. The number of likely N-dealkylation sites (N-methyl/N-ethyl adjacent to an activating group) is 2. The molecule has 2 unspecified atom stereocenters. The normalized spacial score (nSPS) is 22.9. The van der Waals surface area contributed by atoms with Crippen LogP contribution < -0.4 is 11.3 Å². The second-order valence-electron chi connectivity index (χ2n) is 5.52. The number of rotatable bonds is 4. The molecule has 1 aliphatic heterocycles. The monoisotopic (exact) mass is 316 g/mol.